The number of benzene rings is 2. The third kappa shape index (κ3) is 19.3. The van der Waals surface area contributed by atoms with E-state index in [4.69, 9.17) is 16.9 Å². The van der Waals surface area contributed by atoms with Gasteiger partial charge >= 0.3 is 5.97 Å². The summed E-state index contributed by atoms with van der Waals surface area (Å²) in [5.74, 6) is -9.97. The monoisotopic (exact) mass is 1060 g/mol. The van der Waals surface area contributed by atoms with E-state index in [0.29, 0.717) is 30.4 Å². The average Bonchev–Trinajstić information content (AvgIpc) is 3.86. The molecular weight excluding hydrogens is 991 g/mol. The van der Waals surface area contributed by atoms with Crippen molar-refractivity contribution in [3.8, 4) is 11.5 Å². The first-order valence-corrected chi connectivity index (χ1v) is 25.2. The number of fused-ring (bicyclic) bond motifs is 1. The minimum Gasteiger partial charge on any atom is -0.508 e. The third-order valence-electron chi connectivity index (χ3n) is 12.7. The Labute approximate surface area is 440 Å². The largest absolute Gasteiger partial charge is 0.508 e. The second kappa shape index (κ2) is 29.8. The Morgan fingerprint density at radius 3 is 1.76 bits per heavy atom. The van der Waals surface area contributed by atoms with Crippen molar-refractivity contribution in [2.45, 2.75) is 127 Å². The van der Waals surface area contributed by atoms with Crippen molar-refractivity contribution in [1.82, 2.24) is 52.3 Å². The number of phenols is 2. The number of aliphatic carboxylic acids is 1. The van der Waals surface area contributed by atoms with Crippen molar-refractivity contribution < 1.29 is 63.3 Å². The Balaban J connectivity index is 1.80. The number of hydrogen-bond acceptors (Lipinski definition) is 14. The van der Waals surface area contributed by atoms with E-state index in [-0.39, 0.29) is 88.0 Å². The van der Waals surface area contributed by atoms with E-state index < -0.39 is 121 Å². The van der Waals surface area contributed by atoms with Crippen LogP contribution in [0.4, 0.5) is 0 Å². The average molecular weight is 1060 g/mol. The Bertz CT molecular complexity index is 2390. The minimum absolute atomic E-state index is 0.0103. The molecule has 0 saturated carbocycles. The topological polar surface area (TPSA) is 410 Å². The first-order chi connectivity index (χ1) is 36.1. The number of carboxylic acid groups (broad SMARTS) is 1. The predicted molar refractivity (Wildman–Crippen MR) is 274 cm³/mol. The van der Waals surface area contributed by atoms with Crippen LogP contribution in [0.1, 0.15) is 82.8 Å². The number of carboxylic acids is 1. The molecular formula is C50H73N13O13. The molecule has 4 rings (SSSR count). The molecule has 76 heavy (non-hydrogen) atoms. The van der Waals surface area contributed by atoms with Gasteiger partial charge < -0.3 is 79.1 Å². The number of carbonyl (C=O) groups is 10. The zero-order chi connectivity index (χ0) is 56.1. The predicted octanol–water partition coefficient (Wildman–Crippen LogP) is -2.72. The van der Waals surface area contributed by atoms with Gasteiger partial charge in [-0.3, -0.25) is 53.4 Å². The molecule has 2 saturated heterocycles. The summed E-state index contributed by atoms with van der Waals surface area (Å²) in [6.07, 6.45) is 0.143. The fourth-order valence-corrected chi connectivity index (χ4v) is 8.77. The van der Waals surface area contributed by atoms with Gasteiger partial charge in [0.05, 0.1) is 19.5 Å². The number of aromatic hydroxyl groups is 2. The summed E-state index contributed by atoms with van der Waals surface area (Å²) in [4.78, 5) is 141. The summed E-state index contributed by atoms with van der Waals surface area (Å²) in [5.41, 5.74) is 12.2. The maximum Gasteiger partial charge on any atom is 0.305 e. The fraction of sp³-hybridized carbons (Fsp3) is 0.540. The first-order valence-electron chi connectivity index (χ1n) is 25.2. The van der Waals surface area contributed by atoms with E-state index in [1.54, 1.807) is 13.8 Å². The van der Waals surface area contributed by atoms with Gasteiger partial charge in [-0.15, -0.1) is 0 Å². The molecule has 2 fully saturated rings. The number of hydrogen-bond donors (Lipinski definition) is 14. The first kappa shape index (κ1) is 60.5. The van der Waals surface area contributed by atoms with Crippen molar-refractivity contribution in [2.75, 3.05) is 39.8 Å². The van der Waals surface area contributed by atoms with E-state index in [1.165, 1.54) is 65.4 Å². The number of nitrogens with two attached hydrogens (primary N) is 2. The highest BCUT2D eigenvalue weighted by molar-refractivity contribution is 5.99. The van der Waals surface area contributed by atoms with Crippen molar-refractivity contribution in [3.05, 3.63) is 59.7 Å². The van der Waals surface area contributed by atoms with Gasteiger partial charge in [0.2, 0.25) is 53.2 Å². The SMILES string of the molecule is CC(C)C[C@H]1NC(=O)[C@H](CC(=O)O)NC(=O)CNC(=O)[C@@H](CCCNC(=N)N)NC(=O)[C@H](Cc2ccc(O)cc2)NC(=O)[C@@H](CCCCN)N(C)C(=O)[C@H]2CCCN2C(=O)[C@@H](Cc2ccc(O)cc2)NC(=O)CNC1=O. The van der Waals surface area contributed by atoms with E-state index in [0.717, 1.165) is 0 Å². The lowest BCUT2D eigenvalue weighted by molar-refractivity contribution is -0.148. The Kier molecular flexibility index (Phi) is 23.7. The van der Waals surface area contributed by atoms with Crippen molar-refractivity contribution in [1.29, 1.82) is 5.41 Å². The molecule has 2 heterocycles. The number of nitrogens with zero attached hydrogens (tertiary/aromatic N) is 2. The minimum atomic E-state index is -1.78. The summed E-state index contributed by atoms with van der Waals surface area (Å²) >= 11 is 0. The molecule has 0 spiro atoms. The molecule has 0 unspecified atom stereocenters. The summed E-state index contributed by atoms with van der Waals surface area (Å²) in [6, 6.07) is 1.90. The molecule has 0 radical (unpaired) electrons. The van der Waals surface area contributed by atoms with Crippen molar-refractivity contribution >= 4 is 65.1 Å². The Morgan fingerprint density at radius 1 is 0.684 bits per heavy atom. The smallest absolute Gasteiger partial charge is 0.305 e. The number of carbonyl (C=O) groups excluding carboxylic acids is 9. The third-order valence-corrected chi connectivity index (χ3v) is 12.7. The van der Waals surface area contributed by atoms with E-state index in [2.05, 4.69) is 42.5 Å². The van der Waals surface area contributed by atoms with Crippen molar-refractivity contribution in [2.24, 2.45) is 17.4 Å². The second-order valence-corrected chi connectivity index (χ2v) is 19.2. The van der Waals surface area contributed by atoms with Crippen LogP contribution in [0.2, 0.25) is 0 Å². The van der Waals surface area contributed by atoms with E-state index >= 15 is 0 Å². The lowest BCUT2D eigenvalue weighted by Crippen LogP contribution is -2.60. The zero-order valence-electron chi connectivity index (χ0n) is 43.0. The number of unbranched alkanes of at least 4 members (excludes halogenated alkanes) is 1. The molecule has 26 heteroatoms. The maximum atomic E-state index is 14.7. The molecule has 2 aromatic carbocycles. The molecule has 2 aliphatic heterocycles. The van der Waals surface area contributed by atoms with Crippen LogP contribution in [0.5, 0.6) is 11.5 Å². The lowest BCUT2D eigenvalue weighted by Gasteiger charge is -2.34. The Morgan fingerprint density at radius 2 is 1.21 bits per heavy atom. The van der Waals surface area contributed by atoms with Crippen LogP contribution in [0.15, 0.2) is 48.5 Å². The highest BCUT2D eigenvalue weighted by Gasteiger charge is 2.42. The van der Waals surface area contributed by atoms with Gasteiger partial charge in [0.25, 0.3) is 0 Å². The molecule has 0 bridgehead atoms. The van der Waals surface area contributed by atoms with Gasteiger partial charge in [0.1, 0.15) is 53.8 Å². The van der Waals surface area contributed by atoms with E-state index in [1.807, 2.05) is 0 Å². The number of rotatable bonds is 16. The van der Waals surface area contributed by atoms with Gasteiger partial charge in [-0.1, -0.05) is 38.1 Å². The van der Waals surface area contributed by atoms with E-state index in [9.17, 15) is 63.3 Å². The molecule has 9 amide bonds. The van der Waals surface area contributed by atoms with Gasteiger partial charge in [-0.25, -0.2) is 0 Å². The number of likely N-dealkylation sites (N-methyl/N-ethyl adjacent to an activating group) is 1. The number of nitrogens with one attached hydrogen (secondary N) is 9. The standard InChI is InChI=1S/C50H73N13O13/c1-28(2)22-34-44(71)56-27-41(67)58-37(24-30-13-17-32(65)18-14-30)48(75)63-21-7-10-39(63)49(76)62(3)38(9-4-5-19-51)47(74)61-35(23-29-11-15-31(64)16-12-29)45(72)59-33(8-6-20-54-50(52)53)43(70)55-26-40(66)57-36(25-42(68)69)46(73)60-34/h11-18,28,33-39,64-65H,4-10,19-27,51H2,1-3H3,(H,55,70)(H,56,71)(H,57,66)(H,58,67)(H,59,72)(H,60,73)(H,61,74)(H,68,69)(H4,52,53,54)/t33-,34-,35+,36+,37-,38-,39-/m1/s1. The van der Waals surface area contributed by atoms with Gasteiger partial charge in [0, 0.05) is 33.0 Å². The molecule has 0 aliphatic carbocycles. The van der Waals surface area contributed by atoms with Crippen molar-refractivity contribution in [3.63, 3.8) is 0 Å². The highest BCUT2D eigenvalue weighted by atomic mass is 16.4. The fourth-order valence-electron chi connectivity index (χ4n) is 8.77. The summed E-state index contributed by atoms with van der Waals surface area (Å²) < 4.78 is 0. The molecule has 26 nitrogen and oxygen atoms in total. The molecule has 2 aliphatic rings. The molecule has 416 valence electrons. The second-order valence-electron chi connectivity index (χ2n) is 19.2. The van der Waals surface area contributed by atoms with Crippen LogP contribution in [-0.2, 0) is 60.8 Å². The number of phenolic OH excluding ortho intramolecular Hbond substituents is 2. The number of guanidine groups is 1. The van der Waals surface area contributed by atoms with Crippen LogP contribution in [0.3, 0.4) is 0 Å². The van der Waals surface area contributed by atoms with Gasteiger partial charge in [-0.2, -0.15) is 0 Å². The molecule has 2 aromatic rings. The van der Waals surface area contributed by atoms with Gasteiger partial charge in [0.15, 0.2) is 5.96 Å². The highest BCUT2D eigenvalue weighted by Crippen LogP contribution is 2.24. The molecule has 16 N–H and O–H groups in total. The van der Waals surface area contributed by atoms with Crippen LogP contribution >= 0.6 is 0 Å². The summed E-state index contributed by atoms with van der Waals surface area (Å²) in [5, 5.41) is 57.4. The summed E-state index contributed by atoms with van der Waals surface area (Å²) in [7, 11) is 1.39. The molecule has 7 atom stereocenters. The quantitative estimate of drug-likeness (QED) is 0.0462. The summed E-state index contributed by atoms with van der Waals surface area (Å²) in [6.45, 7) is 2.34. The lowest BCUT2D eigenvalue weighted by atomic mass is 10.0. The van der Waals surface area contributed by atoms with Crippen LogP contribution in [0, 0.1) is 11.3 Å². The maximum absolute atomic E-state index is 14.7. The normalized spacial score (nSPS) is 23.2. The molecule has 0 aromatic heterocycles. The van der Waals surface area contributed by atoms with Gasteiger partial charge in [-0.05, 0) is 99.2 Å². The van der Waals surface area contributed by atoms with Crippen LogP contribution < -0.4 is 54.0 Å². The zero-order valence-corrected chi connectivity index (χ0v) is 43.0. The van der Waals surface area contributed by atoms with Crippen LogP contribution in [-0.4, -0.2) is 172 Å². The Hall–Kier alpha value is -8.03. The van der Waals surface area contributed by atoms with Crippen LogP contribution in [0.25, 0.3) is 0 Å². The number of amides is 9.